The number of nitrogens with zero attached hydrogens (tertiary/aromatic N) is 3. The fourth-order valence-corrected chi connectivity index (χ4v) is 5.37. The standard InChI is InChI=1S/C27H42N4O3/c1-3-23-20-31(24-19-21(2)9-10-25(24)34-23)27(33)30-17-11-22(12-18-30)26(32)28-13-8-16-29-14-6-4-5-7-15-29/h9-10,19,22-23H,3-8,11-18,20H2,1-2H3,(H,28,32)/t23-/m1/s1. The molecular weight excluding hydrogens is 428 g/mol. The number of carbonyl (C=O) groups excluding carboxylic acids is 2. The van der Waals surface area contributed by atoms with E-state index in [2.05, 4.69) is 17.1 Å². The normalized spacial score (nSPS) is 22.0. The van der Waals surface area contributed by atoms with E-state index in [4.69, 9.17) is 4.74 Å². The van der Waals surface area contributed by atoms with E-state index < -0.39 is 0 Å². The van der Waals surface area contributed by atoms with E-state index in [9.17, 15) is 9.59 Å². The van der Waals surface area contributed by atoms with Gasteiger partial charge in [0.1, 0.15) is 11.9 Å². The summed E-state index contributed by atoms with van der Waals surface area (Å²) in [4.78, 5) is 32.5. The lowest BCUT2D eigenvalue weighted by Gasteiger charge is -2.39. The van der Waals surface area contributed by atoms with Crippen LogP contribution in [0.2, 0.25) is 0 Å². The molecule has 4 rings (SSSR count). The van der Waals surface area contributed by atoms with Crippen LogP contribution < -0.4 is 15.0 Å². The minimum Gasteiger partial charge on any atom is -0.486 e. The molecule has 1 aromatic rings. The molecule has 0 bridgehead atoms. The second-order valence-electron chi connectivity index (χ2n) is 10.2. The van der Waals surface area contributed by atoms with Gasteiger partial charge >= 0.3 is 6.03 Å². The highest BCUT2D eigenvalue weighted by Gasteiger charge is 2.34. The summed E-state index contributed by atoms with van der Waals surface area (Å²) >= 11 is 0. The van der Waals surface area contributed by atoms with Crippen molar-refractivity contribution in [1.29, 1.82) is 0 Å². The summed E-state index contributed by atoms with van der Waals surface area (Å²) in [6.07, 6.45) is 8.65. The average molecular weight is 471 g/mol. The number of hydrogen-bond acceptors (Lipinski definition) is 4. The second-order valence-corrected chi connectivity index (χ2v) is 10.2. The first-order valence-corrected chi connectivity index (χ1v) is 13.4. The number of amides is 3. The number of piperidine rings is 1. The molecule has 0 saturated carbocycles. The number of urea groups is 1. The van der Waals surface area contributed by atoms with Crippen LogP contribution in [0.1, 0.15) is 63.9 Å². The zero-order chi connectivity index (χ0) is 23.9. The molecular formula is C27H42N4O3. The monoisotopic (exact) mass is 470 g/mol. The molecule has 0 aromatic heterocycles. The molecule has 3 amide bonds. The van der Waals surface area contributed by atoms with Crippen molar-refractivity contribution in [2.24, 2.45) is 5.92 Å². The van der Waals surface area contributed by atoms with E-state index >= 15 is 0 Å². The van der Waals surface area contributed by atoms with Gasteiger partial charge in [-0.2, -0.15) is 0 Å². The molecule has 0 radical (unpaired) electrons. The van der Waals surface area contributed by atoms with Gasteiger partial charge in [0.2, 0.25) is 5.91 Å². The highest BCUT2D eigenvalue weighted by molar-refractivity contribution is 5.94. The summed E-state index contributed by atoms with van der Waals surface area (Å²) in [6.45, 7) is 10.2. The molecule has 3 heterocycles. The minimum atomic E-state index is 0.00449. The van der Waals surface area contributed by atoms with Crippen LogP contribution in [0, 0.1) is 12.8 Å². The van der Waals surface area contributed by atoms with Gasteiger partial charge in [0.05, 0.1) is 12.2 Å². The number of aryl methyl sites for hydroxylation is 1. The number of benzene rings is 1. The van der Waals surface area contributed by atoms with Crippen molar-refractivity contribution in [1.82, 2.24) is 15.1 Å². The summed E-state index contributed by atoms with van der Waals surface area (Å²) in [6, 6.07) is 6.06. The van der Waals surface area contributed by atoms with Gasteiger partial charge in [-0.25, -0.2) is 4.79 Å². The third-order valence-electron chi connectivity index (χ3n) is 7.56. The van der Waals surface area contributed by atoms with Gasteiger partial charge in [0.25, 0.3) is 0 Å². The van der Waals surface area contributed by atoms with Gasteiger partial charge in [-0.1, -0.05) is 25.8 Å². The maximum atomic E-state index is 13.4. The highest BCUT2D eigenvalue weighted by atomic mass is 16.5. The number of anilines is 1. The Morgan fingerprint density at radius 1 is 1.06 bits per heavy atom. The van der Waals surface area contributed by atoms with E-state index in [0.29, 0.717) is 19.6 Å². The summed E-state index contributed by atoms with van der Waals surface area (Å²) in [5, 5.41) is 3.15. The van der Waals surface area contributed by atoms with Gasteiger partial charge in [-0.15, -0.1) is 0 Å². The molecule has 1 atom stereocenters. The Hall–Kier alpha value is -2.28. The predicted molar refractivity (Wildman–Crippen MR) is 135 cm³/mol. The largest absolute Gasteiger partial charge is 0.486 e. The van der Waals surface area contributed by atoms with E-state index in [1.54, 1.807) is 0 Å². The van der Waals surface area contributed by atoms with Gasteiger partial charge in [-0.3, -0.25) is 9.69 Å². The van der Waals surface area contributed by atoms with Crippen LogP contribution in [-0.4, -0.2) is 73.7 Å². The van der Waals surface area contributed by atoms with Crippen LogP contribution in [-0.2, 0) is 4.79 Å². The Morgan fingerprint density at radius 3 is 2.50 bits per heavy atom. The Morgan fingerprint density at radius 2 is 1.79 bits per heavy atom. The van der Waals surface area contributed by atoms with Crippen LogP contribution in [0.3, 0.4) is 0 Å². The van der Waals surface area contributed by atoms with E-state index in [0.717, 1.165) is 55.8 Å². The first-order chi connectivity index (χ1) is 16.5. The van der Waals surface area contributed by atoms with Gasteiger partial charge < -0.3 is 19.9 Å². The first kappa shape index (κ1) is 24.8. The van der Waals surface area contributed by atoms with Crippen LogP contribution in [0.5, 0.6) is 5.75 Å². The lowest BCUT2D eigenvalue weighted by atomic mass is 9.96. The van der Waals surface area contributed by atoms with Crippen LogP contribution >= 0.6 is 0 Å². The summed E-state index contributed by atoms with van der Waals surface area (Å²) in [5.41, 5.74) is 1.97. The third-order valence-corrected chi connectivity index (χ3v) is 7.56. The van der Waals surface area contributed by atoms with E-state index in [-0.39, 0.29) is 24.0 Å². The number of hydrogen-bond donors (Lipinski definition) is 1. The lowest BCUT2D eigenvalue weighted by Crippen LogP contribution is -2.52. The van der Waals surface area contributed by atoms with Crippen molar-refractivity contribution in [2.75, 3.05) is 50.7 Å². The quantitative estimate of drug-likeness (QED) is 0.634. The molecule has 188 valence electrons. The Bertz CT molecular complexity index is 829. The zero-order valence-corrected chi connectivity index (χ0v) is 21.1. The van der Waals surface area contributed by atoms with Crippen molar-refractivity contribution < 1.29 is 14.3 Å². The van der Waals surface area contributed by atoms with Gasteiger partial charge in [-0.05, 0) is 82.8 Å². The molecule has 2 saturated heterocycles. The SMILES string of the molecule is CC[C@@H]1CN(C(=O)N2CCC(C(=O)NCCCN3CCCCCC3)CC2)c2cc(C)ccc2O1. The Kier molecular flexibility index (Phi) is 8.70. The molecule has 34 heavy (non-hydrogen) atoms. The number of likely N-dealkylation sites (tertiary alicyclic amines) is 2. The number of fused-ring (bicyclic) bond motifs is 1. The van der Waals surface area contributed by atoms with Gasteiger partial charge in [0.15, 0.2) is 0 Å². The third kappa shape index (κ3) is 6.23. The molecule has 1 aromatic carbocycles. The average Bonchev–Trinajstić information content (AvgIpc) is 3.14. The maximum absolute atomic E-state index is 13.4. The molecule has 3 aliphatic heterocycles. The fraction of sp³-hybridized carbons (Fsp3) is 0.704. The fourth-order valence-electron chi connectivity index (χ4n) is 5.37. The summed E-state index contributed by atoms with van der Waals surface area (Å²) < 4.78 is 6.08. The molecule has 1 N–H and O–H groups in total. The van der Waals surface area contributed by atoms with Crippen LogP contribution in [0.25, 0.3) is 0 Å². The Balaban J connectivity index is 1.23. The van der Waals surface area contributed by atoms with Gasteiger partial charge in [0, 0.05) is 25.6 Å². The van der Waals surface area contributed by atoms with Crippen LogP contribution in [0.4, 0.5) is 10.5 Å². The second kappa shape index (κ2) is 11.9. The molecule has 0 aliphatic carbocycles. The highest BCUT2D eigenvalue weighted by Crippen LogP contribution is 2.36. The Labute approximate surface area is 204 Å². The van der Waals surface area contributed by atoms with Crippen molar-refractivity contribution in [3.63, 3.8) is 0 Å². The van der Waals surface area contributed by atoms with E-state index in [1.807, 2.05) is 34.9 Å². The molecule has 3 aliphatic rings. The molecule has 7 nitrogen and oxygen atoms in total. The van der Waals surface area contributed by atoms with Crippen molar-refractivity contribution >= 4 is 17.6 Å². The number of rotatable bonds is 6. The van der Waals surface area contributed by atoms with Crippen molar-refractivity contribution in [2.45, 2.75) is 71.3 Å². The van der Waals surface area contributed by atoms with Crippen LogP contribution in [0.15, 0.2) is 18.2 Å². The minimum absolute atomic E-state index is 0.00449. The molecule has 0 spiro atoms. The smallest absolute Gasteiger partial charge is 0.324 e. The summed E-state index contributed by atoms with van der Waals surface area (Å²) in [7, 11) is 0. The number of ether oxygens (including phenoxy) is 1. The zero-order valence-electron chi connectivity index (χ0n) is 21.1. The first-order valence-electron chi connectivity index (χ1n) is 13.4. The molecule has 2 fully saturated rings. The lowest BCUT2D eigenvalue weighted by molar-refractivity contribution is -0.126. The topological polar surface area (TPSA) is 65.1 Å². The van der Waals surface area contributed by atoms with E-state index in [1.165, 1.54) is 38.8 Å². The molecule has 0 unspecified atom stereocenters. The maximum Gasteiger partial charge on any atom is 0.324 e. The van der Waals surface area contributed by atoms with Crippen molar-refractivity contribution in [3.05, 3.63) is 23.8 Å². The summed E-state index contributed by atoms with van der Waals surface area (Å²) in [5.74, 6) is 0.942. The van der Waals surface area contributed by atoms with Crippen molar-refractivity contribution in [3.8, 4) is 5.75 Å². The predicted octanol–water partition coefficient (Wildman–Crippen LogP) is 4.19. The number of carbonyl (C=O) groups is 2. The molecule has 7 heteroatoms. The number of nitrogens with one attached hydrogen (secondary N) is 1.